The molecular formula is C18H17BrN2O3S. The molecule has 1 heterocycles. The van der Waals surface area contributed by atoms with Gasteiger partial charge >= 0.3 is 5.97 Å². The summed E-state index contributed by atoms with van der Waals surface area (Å²) in [5.74, 6) is -0.256. The van der Waals surface area contributed by atoms with Gasteiger partial charge in [0.15, 0.2) is 5.69 Å². The quantitative estimate of drug-likeness (QED) is 0.722. The van der Waals surface area contributed by atoms with Crippen molar-refractivity contribution in [2.24, 2.45) is 0 Å². The highest BCUT2D eigenvalue weighted by molar-refractivity contribution is 9.10. The lowest BCUT2D eigenvalue weighted by Crippen LogP contribution is -2.09. The molecule has 0 fully saturated rings. The van der Waals surface area contributed by atoms with Crippen LogP contribution in [-0.2, 0) is 12.8 Å². The zero-order valence-corrected chi connectivity index (χ0v) is 16.3. The molecule has 1 aromatic heterocycles. The Kier molecular flexibility index (Phi) is 5.06. The topological polar surface area (TPSA) is 64.4 Å². The maximum Gasteiger partial charge on any atom is 0.356 e. The second-order valence-electron chi connectivity index (χ2n) is 5.52. The second-order valence-corrected chi connectivity index (χ2v) is 7.08. The normalized spacial score (nSPS) is 13.2. The minimum Gasteiger partial charge on any atom is -0.496 e. The average molecular weight is 421 g/mol. The van der Waals surface area contributed by atoms with Gasteiger partial charge in [-0.1, -0.05) is 6.58 Å². The molecule has 5 nitrogen and oxygen atoms in total. The number of nitrogens with zero attached hydrogens (tertiary/aromatic N) is 2. The number of aromatic nitrogens is 2. The third-order valence-corrected chi connectivity index (χ3v) is 5.25. The van der Waals surface area contributed by atoms with Crippen LogP contribution in [0.25, 0.3) is 17.0 Å². The molecule has 3 rings (SSSR count). The Hall–Kier alpha value is -1.99. The summed E-state index contributed by atoms with van der Waals surface area (Å²) >= 11 is 5.04. The van der Waals surface area contributed by atoms with E-state index in [1.165, 1.54) is 11.8 Å². The molecule has 2 aromatic rings. The van der Waals surface area contributed by atoms with Gasteiger partial charge in [-0.05, 0) is 64.2 Å². The molecule has 1 aromatic carbocycles. The van der Waals surface area contributed by atoms with Crippen LogP contribution in [0.1, 0.15) is 21.6 Å². The average Bonchev–Trinajstić information content (AvgIpc) is 2.99. The van der Waals surface area contributed by atoms with Crippen molar-refractivity contribution in [3.05, 3.63) is 51.5 Å². The van der Waals surface area contributed by atoms with E-state index in [0.717, 1.165) is 44.7 Å². The van der Waals surface area contributed by atoms with Crippen molar-refractivity contribution in [3.8, 4) is 17.0 Å². The van der Waals surface area contributed by atoms with E-state index in [2.05, 4.69) is 27.6 Å². The summed E-state index contributed by atoms with van der Waals surface area (Å²) in [6.07, 6.45) is 4.99. The Morgan fingerprint density at radius 1 is 1.48 bits per heavy atom. The number of hydrogen-bond acceptors (Lipinski definition) is 4. The molecule has 0 saturated carbocycles. The standard InChI is InChI=1S/C18H17BrN2O3S/c1-4-11(9-25-3)21-17-12(16(20-21)18(22)23)6-5-10-7-15(24-2)14(19)8-13(10)17/h4,7-9H,1,5-6H2,2-3H3,(H,22,23)/b11-9+. The van der Waals surface area contributed by atoms with Gasteiger partial charge in [-0.3, -0.25) is 0 Å². The summed E-state index contributed by atoms with van der Waals surface area (Å²) in [7, 11) is 1.63. The molecule has 130 valence electrons. The van der Waals surface area contributed by atoms with Gasteiger partial charge in [0.05, 0.1) is 23.0 Å². The molecule has 7 heteroatoms. The number of ether oxygens (including phenoxy) is 1. The highest BCUT2D eigenvalue weighted by atomic mass is 79.9. The third-order valence-electron chi connectivity index (χ3n) is 4.16. The Morgan fingerprint density at radius 2 is 2.24 bits per heavy atom. The second kappa shape index (κ2) is 7.09. The number of thioether (sulfide) groups is 1. The maximum atomic E-state index is 11.7. The minimum atomic E-state index is -1.02. The fraction of sp³-hybridized carbons (Fsp3) is 0.222. The van der Waals surface area contributed by atoms with E-state index in [4.69, 9.17) is 4.74 Å². The maximum absolute atomic E-state index is 11.7. The molecule has 1 aliphatic rings. The summed E-state index contributed by atoms with van der Waals surface area (Å²) in [6, 6.07) is 3.96. The lowest BCUT2D eigenvalue weighted by Gasteiger charge is -2.20. The molecule has 0 aliphatic heterocycles. The first-order valence-electron chi connectivity index (χ1n) is 7.59. The number of rotatable bonds is 5. The first kappa shape index (κ1) is 17.8. The van der Waals surface area contributed by atoms with Crippen molar-refractivity contribution in [2.45, 2.75) is 12.8 Å². The lowest BCUT2D eigenvalue weighted by atomic mass is 9.88. The number of methoxy groups -OCH3 is 1. The molecule has 0 atom stereocenters. The van der Waals surface area contributed by atoms with E-state index >= 15 is 0 Å². The number of fused-ring (bicyclic) bond motifs is 3. The summed E-state index contributed by atoms with van der Waals surface area (Å²) in [4.78, 5) is 11.7. The van der Waals surface area contributed by atoms with Crippen molar-refractivity contribution in [3.63, 3.8) is 0 Å². The van der Waals surface area contributed by atoms with Crippen molar-refractivity contribution >= 4 is 39.4 Å². The van der Waals surface area contributed by atoms with Crippen LogP contribution < -0.4 is 4.74 Å². The number of halogens is 1. The molecule has 1 aliphatic carbocycles. The monoisotopic (exact) mass is 420 g/mol. The van der Waals surface area contributed by atoms with Gasteiger partial charge in [-0.15, -0.1) is 11.8 Å². The largest absolute Gasteiger partial charge is 0.496 e. The van der Waals surface area contributed by atoms with Crippen molar-refractivity contribution < 1.29 is 14.6 Å². The molecular weight excluding hydrogens is 404 g/mol. The lowest BCUT2D eigenvalue weighted by molar-refractivity contribution is 0.0689. The van der Waals surface area contributed by atoms with Crippen LogP contribution >= 0.6 is 27.7 Å². The highest BCUT2D eigenvalue weighted by Gasteiger charge is 2.29. The van der Waals surface area contributed by atoms with Crippen LogP contribution in [0.5, 0.6) is 5.75 Å². The number of hydrogen-bond donors (Lipinski definition) is 1. The Labute approximate surface area is 158 Å². The summed E-state index contributed by atoms with van der Waals surface area (Å²) in [5, 5.41) is 15.8. The molecule has 1 N–H and O–H groups in total. The molecule has 0 bridgehead atoms. The van der Waals surface area contributed by atoms with Gasteiger partial charge in [0.2, 0.25) is 0 Å². The summed E-state index contributed by atoms with van der Waals surface area (Å²) < 4.78 is 7.89. The van der Waals surface area contributed by atoms with Crippen LogP contribution in [0.2, 0.25) is 0 Å². The van der Waals surface area contributed by atoms with Crippen molar-refractivity contribution in [2.75, 3.05) is 13.4 Å². The fourth-order valence-electron chi connectivity index (χ4n) is 3.07. The Morgan fingerprint density at radius 3 is 2.84 bits per heavy atom. The van der Waals surface area contributed by atoms with Gasteiger partial charge in [-0.25, -0.2) is 9.48 Å². The number of carbonyl (C=O) groups is 1. The van der Waals surface area contributed by atoms with Crippen LogP contribution in [0.4, 0.5) is 0 Å². The minimum absolute atomic E-state index is 0.0986. The van der Waals surface area contributed by atoms with E-state index in [9.17, 15) is 9.90 Å². The van der Waals surface area contributed by atoms with Crippen molar-refractivity contribution in [1.82, 2.24) is 9.78 Å². The summed E-state index contributed by atoms with van der Waals surface area (Å²) in [6.45, 7) is 3.84. The predicted molar refractivity (Wildman–Crippen MR) is 104 cm³/mol. The third kappa shape index (κ3) is 3.02. The Bertz CT molecular complexity index is 902. The van der Waals surface area contributed by atoms with Gasteiger partial charge in [0.1, 0.15) is 5.75 Å². The predicted octanol–water partition coefficient (Wildman–Crippen LogP) is 4.47. The number of benzene rings is 1. The molecule has 0 unspecified atom stereocenters. The van der Waals surface area contributed by atoms with E-state index in [1.807, 2.05) is 23.8 Å². The molecule has 0 saturated heterocycles. The van der Waals surface area contributed by atoms with E-state index < -0.39 is 5.97 Å². The molecule has 0 radical (unpaired) electrons. The first-order chi connectivity index (χ1) is 12.0. The van der Waals surface area contributed by atoms with Gasteiger partial charge in [-0.2, -0.15) is 5.10 Å². The summed E-state index contributed by atoms with van der Waals surface area (Å²) in [5.41, 5.74) is 4.48. The van der Waals surface area contributed by atoms with Crippen LogP contribution in [0, 0.1) is 0 Å². The van der Waals surface area contributed by atoms with E-state index in [1.54, 1.807) is 17.9 Å². The Balaban J connectivity index is 2.33. The smallest absolute Gasteiger partial charge is 0.356 e. The highest BCUT2D eigenvalue weighted by Crippen LogP contribution is 2.41. The zero-order chi connectivity index (χ0) is 18.1. The fourth-order valence-corrected chi connectivity index (χ4v) is 4.01. The number of carboxylic acids is 1. The molecule has 0 spiro atoms. The van der Waals surface area contributed by atoms with E-state index in [-0.39, 0.29) is 5.69 Å². The van der Waals surface area contributed by atoms with Crippen LogP contribution in [0.15, 0.2) is 34.7 Å². The number of allylic oxidation sites excluding steroid dienone is 2. The number of aryl methyl sites for hydroxylation is 1. The van der Waals surface area contributed by atoms with E-state index in [0.29, 0.717) is 6.42 Å². The first-order valence-corrected chi connectivity index (χ1v) is 9.67. The number of aromatic carboxylic acids is 1. The van der Waals surface area contributed by atoms with Gasteiger partial charge < -0.3 is 9.84 Å². The van der Waals surface area contributed by atoms with Crippen LogP contribution in [0.3, 0.4) is 0 Å². The number of carboxylic acid groups (broad SMARTS) is 1. The van der Waals surface area contributed by atoms with Crippen LogP contribution in [-0.4, -0.2) is 34.2 Å². The zero-order valence-electron chi connectivity index (χ0n) is 13.9. The SMILES string of the molecule is C=C/C(=C\SC)n1nc(C(=O)O)c2c1-c1cc(Br)c(OC)cc1CC2. The van der Waals surface area contributed by atoms with Crippen molar-refractivity contribution in [1.29, 1.82) is 0 Å². The molecule has 25 heavy (non-hydrogen) atoms. The van der Waals surface area contributed by atoms with Gasteiger partial charge in [0.25, 0.3) is 0 Å². The van der Waals surface area contributed by atoms with Gasteiger partial charge in [0, 0.05) is 11.1 Å². The molecule has 0 amide bonds.